The molecule has 124 valence electrons. The molecule has 1 fully saturated rings. The van der Waals surface area contributed by atoms with Gasteiger partial charge in [-0.1, -0.05) is 23.2 Å². The minimum absolute atomic E-state index is 0.0854. The van der Waals surface area contributed by atoms with Crippen LogP contribution in [0.4, 0.5) is 10.5 Å². The Hall–Kier alpha value is -1.84. The number of carbonyl (C=O) groups excluding carboxylic acids is 2. The van der Waals surface area contributed by atoms with Gasteiger partial charge in [0.15, 0.2) is 0 Å². The van der Waals surface area contributed by atoms with Gasteiger partial charge in [-0.25, -0.2) is 13.2 Å². The van der Waals surface area contributed by atoms with Gasteiger partial charge in [0.2, 0.25) is 5.25 Å². The van der Waals surface area contributed by atoms with Gasteiger partial charge in [0.1, 0.15) is 5.84 Å². The number of amides is 3. The Bertz CT molecular complexity index is 787. The summed E-state index contributed by atoms with van der Waals surface area (Å²) in [6, 6.07) is 3.25. The topological polar surface area (TPSA) is 111 Å². The normalized spacial score (nSPS) is 19.3. The standard InChI is InChI=1S/C12H12Cl2N4O4S/c1-17-10(15)9(11(19)18(2)12(17)20)23(21,22)16-6-3-4-7(13)8(14)5-6/h3-5,9,15-16H,1-2H3. The van der Waals surface area contributed by atoms with Crippen LogP contribution in [0.3, 0.4) is 0 Å². The van der Waals surface area contributed by atoms with E-state index in [4.69, 9.17) is 28.6 Å². The number of hydrogen-bond acceptors (Lipinski definition) is 5. The maximum Gasteiger partial charge on any atom is 0.331 e. The van der Waals surface area contributed by atoms with E-state index in [0.717, 1.165) is 11.9 Å². The van der Waals surface area contributed by atoms with Crippen molar-refractivity contribution in [3.63, 3.8) is 0 Å². The molecule has 0 bridgehead atoms. The number of hydrogen-bond donors (Lipinski definition) is 2. The molecule has 2 N–H and O–H groups in total. The fourth-order valence-corrected chi connectivity index (χ4v) is 3.70. The highest BCUT2D eigenvalue weighted by Gasteiger charge is 2.47. The van der Waals surface area contributed by atoms with Crippen LogP contribution in [-0.4, -0.2) is 55.3 Å². The number of sulfonamides is 1. The number of amidine groups is 1. The highest BCUT2D eigenvalue weighted by molar-refractivity contribution is 7.94. The third-order valence-electron chi connectivity index (χ3n) is 3.23. The maximum absolute atomic E-state index is 12.5. The van der Waals surface area contributed by atoms with E-state index in [1.54, 1.807) is 0 Å². The highest BCUT2D eigenvalue weighted by atomic mass is 35.5. The van der Waals surface area contributed by atoms with Crippen LogP contribution in [0.1, 0.15) is 0 Å². The molecule has 1 saturated heterocycles. The number of carbonyl (C=O) groups is 2. The predicted octanol–water partition coefficient (Wildman–Crippen LogP) is 1.60. The summed E-state index contributed by atoms with van der Waals surface area (Å²) < 4.78 is 27.1. The molecule has 1 heterocycles. The first-order chi connectivity index (χ1) is 10.6. The SMILES string of the molecule is CN1C(=N)C(S(=O)(=O)Nc2ccc(Cl)c(Cl)c2)C(=O)N(C)C1=O. The molecule has 0 saturated carbocycles. The first kappa shape index (κ1) is 17.5. The largest absolute Gasteiger partial charge is 0.331 e. The molecule has 1 atom stereocenters. The Morgan fingerprint density at radius 2 is 1.74 bits per heavy atom. The molecule has 2 rings (SSSR count). The fourth-order valence-electron chi connectivity index (χ4n) is 1.95. The zero-order valence-electron chi connectivity index (χ0n) is 12.0. The van der Waals surface area contributed by atoms with Crippen molar-refractivity contribution >= 4 is 56.7 Å². The monoisotopic (exact) mass is 378 g/mol. The Kier molecular flexibility index (Phi) is 4.56. The maximum atomic E-state index is 12.5. The lowest BCUT2D eigenvalue weighted by Gasteiger charge is -2.34. The summed E-state index contributed by atoms with van der Waals surface area (Å²) >= 11 is 11.6. The van der Waals surface area contributed by atoms with Crippen molar-refractivity contribution in [3.05, 3.63) is 28.2 Å². The van der Waals surface area contributed by atoms with Gasteiger partial charge in [0, 0.05) is 14.1 Å². The Morgan fingerprint density at radius 3 is 2.30 bits per heavy atom. The molecule has 1 aromatic carbocycles. The molecule has 23 heavy (non-hydrogen) atoms. The molecule has 8 nitrogen and oxygen atoms in total. The van der Waals surface area contributed by atoms with E-state index >= 15 is 0 Å². The van der Waals surface area contributed by atoms with Crippen molar-refractivity contribution in [2.45, 2.75) is 5.25 Å². The number of nitrogens with zero attached hydrogens (tertiary/aromatic N) is 2. The van der Waals surface area contributed by atoms with Crippen molar-refractivity contribution in [1.82, 2.24) is 9.80 Å². The van der Waals surface area contributed by atoms with E-state index in [1.165, 1.54) is 25.2 Å². The van der Waals surface area contributed by atoms with Crippen LogP contribution in [0.25, 0.3) is 0 Å². The third kappa shape index (κ3) is 3.12. The van der Waals surface area contributed by atoms with Gasteiger partial charge in [0.05, 0.1) is 15.7 Å². The van der Waals surface area contributed by atoms with E-state index in [-0.39, 0.29) is 15.7 Å². The Labute approximate surface area is 142 Å². The van der Waals surface area contributed by atoms with Crippen LogP contribution in [-0.2, 0) is 14.8 Å². The van der Waals surface area contributed by atoms with E-state index in [0.29, 0.717) is 4.90 Å². The highest BCUT2D eigenvalue weighted by Crippen LogP contribution is 2.26. The van der Waals surface area contributed by atoms with E-state index < -0.39 is 33.0 Å². The zero-order valence-corrected chi connectivity index (χ0v) is 14.3. The Balaban J connectivity index is 2.38. The lowest BCUT2D eigenvalue weighted by molar-refractivity contribution is -0.126. The summed E-state index contributed by atoms with van der Waals surface area (Å²) in [6.45, 7) is 0. The van der Waals surface area contributed by atoms with Gasteiger partial charge in [-0.2, -0.15) is 0 Å². The van der Waals surface area contributed by atoms with Crippen LogP contribution in [0, 0.1) is 5.41 Å². The molecule has 11 heteroatoms. The van der Waals surface area contributed by atoms with E-state index in [2.05, 4.69) is 4.72 Å². The molecule has 0 radical (unpaired) electrons. The van der Waals surface area contributed by atoms with Crippen LogP contribution in [0.2, 0.25) is 10.0 Å². The number of imide groups is 1. The smallest absolute Gasteiger partial charge is 0.286 e. The van der Waals surface area contributed by atoms with Crippen LogP contribution in [0.5, 0.6) is 0 Å². The average molecular weight is 379 g/mol. The van der Waals surface area contributed by atoms with Gasteiger partial charge < -0.3 is 0 Å². The number of rotatable bonds is 3. The second kappa shape index (κ2) is 5.99. The van der Waals surface area contributed by atoms with Crippen LogP contribution in [0.15, 0.2) is 18.2 Å². The van der Waals surface area contributed by atoms with E-state index in [1.807, 2.05) is 0 Å². The quantitative estimate of drug-likeness (QED) is 0.831. The van der Waals surface area contributed by atoms with Crippen molar-refractivity contribution in [1.29, 1.82) is 5.41 Å². The molecule has 0 aromatic heterocycles. The van der Waals surface area contributed by atoms with Gasteiger partial charge in [0.25, 0.3) is 15.9 Å². The van der Waals surface area contributed by atoms with Gasteiger partial charge in [-0.05, 0) is 18.2 Å². The van der Waals surface area contributed by atoms with Crippen molar-refractivity contribution in [2.24, 2.45) is 0 Å². The summed E-state index contributed by atoms with van der Waals surface area (Å²) in [5.74, 6) is -1.64. The fraction of sp³-hybridized carbons (Fsp3) is 0.250. The van der Waals surface area contributed by atoms with Gasteiger partial charge >= 0.3 is 6.03 Å². The summed E-state index contributed by atoms with van der Waals surface area (Å²) in [6.07, 6.45) is 0. The molecular weight excluding hydrogens is 367 g/mol. The van der Waals surface area contributed by atoms with Crippen LogP contribution >= 0.6 is 23.2 Å². The molecular formula is C12H12Cl2N4O4S. The summed E-state index contributed by atoms with van der Waals surface area (Å²) in [5.41, 5.74) is 0.0854. The second-order valence-corrected chi connectivity index (χ2v) is 7.36. The number of anilines is 1. The first-order valence-corrected chi connectivity index (χ1v) is 8.47. The van der Waals surface area contributed by atoms with Crippen molar-refractivity contribution in [3.8, 4) is 0 Å². The molecule has 3 amide bonds. The minimum atomic E-state index is -4.31. The first-order valence-electron chi connectivity index (χ1n) is 6.16. The van der Waals surface area contributed by atoms with Crippen LogP contribution < -0.4 is 4.72 Å². The lowest BCUT2D eigenvalue weighted by atomic mass is 10.2. The number of urea groups is 1. The molecule has 1 aliphatic heterocycles. The minimum Gasteiger partial charge on any atom is -0.286 e. The summed E-state index contributed by atoms with van der Waals surface area (Å²) in [5, 5.41) is 6.31. The third-order valence-corrected chi connectivity index (χ3v) is 5.53. The van der Waals surface area contributed by atoms with E-state index in [9.17, 15) is 18.0 Å². The summed E-state index contributed by atoms with van der Waals surface area (Å²) in [7, 11) is -1.95. The second-order valence-electron chi connectivity index (χ2n) is 4.78. The molecule has 1 aromatic rings. The molecule has 1 aliphatic rings. The lowest BCUT2D eigenvalue weighted by Crippen LogP contribution is -2.62. The molecule has 0 aliphatic carbocycles. The molecule has 1 unspecified atom stereocenters. The van der Waals surface area contributed by atoms with Crippen molar-refractivity contribution in [2.75, 3.05) is 18.8 Å². The van der Waals surface area contributed by atoms with Gasteiger partial charge in [-0.3, -0.25) is 24.7 Å². The predicted molar refractivity (Wildman–Crippen MR) is 86.4 cm³/mol. The van der Waals surface area contributed by atoms with Crippen molar-refractivity contribution < 1.29 is 18.0 Å². The zero-order chi connectivity index (χ0) is 17.5. The molecule has 0 spiro atoms. The average Bonchev–Trinajstić information content (AvgIpc) is 2.46. The number of benzene rings is 1. The number of nitrogens with one attached hydrogen (secondary N) is 2. The van der Waals surface area contributed by atoms with Gasteiger partial charge in [-0.15, -0.1) is 0 Å². The Morgan fingerprint density at radius 1 is 1.13 bits per heavy atom. The number of halogens is 2. The summed E-state index contributed by atoms with van der Waals surface area (Å²) in [4.78, 5) is 25.3.